The topological polar surface area (TPSA) is 57.8 Å². The molecule has 17 heavy (non-hydrogen) atoms. The third-order valence-electron chi connectivity index (χ3n) is 2.50. The van der Waals surface area contributed by atoms with Crippen LogP contribution in [0.25, 0.3) is 0 Å². The molecule has 0 fully saturated rings. The predicted molar refractivity (Wildman–Crippen MR) is 68.9 cm³/mol. The molecule has 0 aliphatic carbocycles. The first-order valence-corrected chi connectivity index (χ1v) is 5.93. The standard InChI is InChI=1S/C13H23N3O/c1-9-10(7-14-16-9)11(17)15-13(5,6)8-12(2,3)4/h7H,8H2,1-6H3,(H,14,16)(H,15,17). The van der Waals surface area contributed by atoms with Gasteiger partial charge in [0.25, 0.3) is 5.91 Å². The Kier molecular flexibility index (Phi) is 3.65. The molecule has 0 spiro atoms. The molecule has 1 amide bonds. The molecule has 0 aromatic carbocycles. The first-order chi connectivity index (χ1) is 7.61. The minimum Gasteiger partial charge on any atom is -0.347 e. The smallest absolute Gasteiger partial charge is 0.255 e. The Morgan fingerprint density at radius 1 is 1.35 bits per heavy atom. The summed E-state index contributed by atoms with van der Waals surface area (Å²) in [7, 11) is 0. The summed E-state index contributed by atoms with van der Waals surface area (Å²) in [6.45, 7) is 12.5. The Morgan fingerprint density at radius 3 is 2.35 bits per heavy atom. The molecule has 0 bridgehead atoms. The van der Waals surface area contributed by atoms with Crippen molar-refractivity contribution < 1.29 is 4.79 Å². The maximum atomic E-state index is 12.1. The van der Waals surface area contributed by atoms with Gasteiger partial charge < -0.3 is 5.32 Å². The lowest BCUT2D eigenvalue weighted by molar-refractivity contribution is 0.0891. The van der Waals surface area contributed by atoms with Crippen LogP contribution in [0.1, 0.15) is 57.1 Å². The first kappa shape index (κ1) is 13.7. The molecule has 4 heteroatoms. The third kappa shape index (κ3) is 4.21. The first-order valence-electron chi connectivity index (χ1n) is 5.93. The van der Waals surface area contributed by atoms with Gasteiger partial charge in [0.15, 0.2) is 0 Å². The molecule has 1 aromatic rings. The molecule has 1 aromatic heterocycles. The number of hydrogen-bond donors (Lipinski definition) is 2. The van der Waals surface area contributed by atoms with Gasteiger partial charge in [-0.3, -0.25) is 9.89 Å². The molecule has 96 valence electrons. The van der Waals surface area contributed by atoms with E-state index in [0.717, 1.165) is 12.1 Å². The molecule has 4 nitrogen and oxygen atoms in total. The molecular formula is C13H23N3O. The predicted octanol–water partition coefficient (Wildman–Crippen LogP) is 2.66. The summed E-state index contributed by atoms with van der Waals surface area (Å²) in [4.78, 5) is 12.1. The minimum absolute atomic E-state index is 0.0644. The average Bonchev–Trinajstić information content (AvgIpc) is 2.44. The molecule has 0 radical (unpaired) electrons. The zero-order valence-electron chi connectivity index (χ0n) is 11.6. The van der Waals surface area contributed by atoms with Gasteiger partial charge in [-0.1, -0.05) is 20.8 Å². The monoisotopic (exact) mass is 237 g/mol. The Hall–Kier alpha value is -1.32. The number of H-pyrrole nitrogens is 1. The van der Waals surface area contributed by atoms with Gasteiger partial charge in [0.1, 0.15) is 0 Å². The van der Waals surface area contributed by atoms with Gasteiger partial charge in [-0.25, -0.2) is 0 Å². The van der Waals surface area contributed by atoms with Gasteiger partial charge in [-0.05, 0) is 32.6 Å². The fraction of sp³-hybridized carbons (Fsp3) is 0.692. The van der Waals surface area contributed by atoms with Crippen LogP contribution in [0.2, 0.25) is 0 Å². The van der Waals surface area contributed by atoms with Crippen LogP contribution in [0, 0.1) is 12.3 Å². The number of aryl methyl sites for hydroxylation is 1. The molecule has 2 N–H and O–H groups in total. The molecule has 1 heterocycles. The number of rotatable bonds is 3. The zero-order chi connectivity index (χ0) is 13.3. The van der Waals surface area contributed by atoms with Crippen molar-refractivity contribution >= 4 is 5.91 Å². The quantitative estimate of drug-likeness (QED) is 0.849. The largest absolute Gasteiger partial charge is 0.347 e. The highest BCUT2D eigenvalue weighted by Crippen LogP contribution is 2.27. The summed E-state index contributed by atoms with van der Waals surface area (Å²) < 4.78 is 0. The second kappa shape index (κ2) is 4.51. The number of hydrogen-bond acceptors (Lipinski definition) is 2. The molecule has 0 unspecified atom stereocenters. The van der Waals surface area contributed by atoms with Crippen LogP contribution in [0.3, 0.4) is 0 Å². The van der Waals surface area contributed by atoms with Crippen molar-refractivity contribution in [3.8, 4) is 0 Å². The summed E-state index contributed by atoms with van der Waals surface area (Å²) in [6, 6.07) is 0. The summed E-state index contributed by atoms with van der Waals surface area (Å²) in [5.74, 6) is -0.0644. The van der Waals surface area contributed by atoms with E-state index in [2.05, 4.69) is 36.3 Å². The van der Waals surface area contributed by atoms with Gasteiger partial charge in [0, 0.05) is 11.2 Å². The summed E-state index contributed by atoms with van der Waals surface area (Å²) in [6.07, 6.45) is 2.49. The van der Waals surface area contributed by atoms with Crippen molar-refractivity contribution in [1.82, 2.24) is 15.5 Å². The van der Waals surface area contributed by atoms with Crippen molar-refractivity contribution in [3.05, 3.63) is 17.5 Å². The van der Waals surface area contributed by atoms with E-state index >= 15 is 0 Å². The molecule has 0 aliphatic heterocycles. The van der Waals surface area contributed by atoms with E-state index in [0.29, 0.717) is 5.56 Å². The van der Waals surface area contributed by atoms with E-state index in [9.17, 15) is 4.79 Å². The lowest BCUT2D eigenvalue weighted by Gasteiger charge is -2.33. The van der Waals surface area contributed by atoms with Crippen molar-refractivity contribution in [2.45, 2.75) is 53.5 Å². The summed E-state index contributed by atoms with van der Waals surface area (Å²) in [5, 5.41) is 9.69. The molecule has 0 saturated heterocycles. The van der Waals surface area contributed by atoms with Crippen molar-refractivity contribution in [3.63, 3.8) is 0 Å². The number of nitrogens with one attached hydrogen (secondary N) is 2. The van der Waals surface area contributed by atoms with Gasteiger partial charge in [-0.15, -0.1) is 0 Å². The van der Waals surface area contributed by atoms with Crippen LogP contribution in [0.4, 0.5) is 0 Å². The lowest BCUT2D eigenvalue weighted by Crippen LogP contribution is -2.45. The second-order valence-corrected chi connectivity index (χ2v) is 6.48. The number of amides is 1. The van der Waals surface area contributed by atoms with E-state index in [1.54, 1.807) is 6.20 Å². The fourth-order valence-electron chi connectivity index (χ4n) is 2.32. The lowest BCUT2D eigenvalue weighted by atomic mass is 9.81. The Morgan fingerprint density at radius 2 is 1.94 bits per heavy atom. The zero-order valence-corrected chi connectivity index (χ0v) is 11.6. The molecule has 0 atom stereocenters. The fourth-order valence-corrected chi connectivity index (χ4v) is 2.32. The van der Waals surface area contributed by atoms with Crippen LogP contribution in [0.15, 0.2) is 6.20 Å². The van der Waals surface area contributed by atoms with Crippen LogP contribution >= 0.6 is 0 Å². The van der Waals surface area contributed by atoms with Crippen LogP contribution in [0.5, 0.6) is 0 Å². The van der Waals surface area contributed by atoms with Gasteiger partial charge in [-0.2, -0.15) is 5.10 Å². The third-order valence-corrected chi connectivity index (χ3v) is 2.50. The number of aromatic nitrogens is 2. The molecular weight excluding hydrogens is 214 g/mol. The van der Waals surface area contributed by atoms with E-state index in [-0.39, 0.29) is 16.9 Å². The second-order valence-electron chi connectivity index (χ2n) is 6.48. The minimum atomic E-state index is -0.223. The molecule has 0 aliphatic rings. The highest BCUT2D eigenvalue weighted by Gasteiger charge is 2.27. The average molecular weight is 237 g/mol. The van der Waals surface area contributed by atoms with Crippen molar-refractivity contribution in [1.29, 1.82) is 0 Å². The Labute approximate surface area is 103 Å². The maximum absolute atomic E-state index is 12.1. The van der Waals surface area contributed by atoms with Gasteiger partial charge in [0.2, 0.25) is 0 Å². The molecule has 0 saturated carbocycles. The number of nitrogens with zero attached hydrogens (tertiary/aromatic N) is 1. The normalized spacial score (nSPS) is 12.6. The number of carbonyl (C=O) groups excluding carboxylic acids is 1. The Balaban J connectivity index is 2.72. The molecule has 1 rings (SSSR count). The van der Waals surface area contributed by atoms with Gasteiger partial charge in [0.05, 0.1) is 11.8 Å². The van der Waals surface area contributed by atoms with E-state index < -0.39 is 0 Å². The van der Waals surface area contributed by atoms with Crippen molar-refractivity contribution in [2.75, 3.05) is 0 Å². The highest BCUT2D eigenvalue weighted by molar-refractivity contribution is 5.95. The highest BCUT2D eigenvalue weighted by atomic mass is 16.1. The maximum Gasteiger partial charge on any atom is 0.255 e. The van der Waals surface area contributed by atoms with Crippen LogP contribution in [-0.2, 0) is 0 Å². The number of carbonyl (C=O) groups is 1. The van der Waals surface area contributed by atoms with E-state index in [4.69, 9.17) is 0 Å². The van der Waals surface area contributed by atoms with Crippen LogP contribution < -0.4 is 5.32 Å². The van der Waals surface area contributed by atoms with Crippen LogP contribution in [-0.4, -0.2) is 21.6 Å². The summed E-state index contributed by atoms with van der Waals surface area (Å²) >= 11 is 0. The SMILES string of the molecule is Cc1[nH]ncc1C(=O)NC(C)(C)CC(C)(C)C. The van der Waals surface area contributed by atoms with Gasteiger partial charge >= 0.3 is 0 Å². The number of aromatic amines is 1. The van der Waals surface area contributed by atoms with E-state index in [1.165, 1.54) is 0 Å². The van der Waals surface area contributed by atoms with E-state index in [1.807, 2.05) is 20.8 Å². The summed E-state index contributed by atoms with van der Waals surface area (Å²) in [5.41, 5.74) is 1.38. The Bertz CT molecular complexity index is 399. The van der Waals surface area contributed by atoms with Crippen molar-refractivity contribution in [2.24, 2.45) is 5.41 Å².